The fourth-order valence-electron chi connectivity index (χ4n) is 1.91. The number of rotatable bonds is 8. The van der Waals surface area contributed by atoms with Crippen LogP contribution in [0.4, 0.5) is 0 Å². The molecule has 0 spiro atoms. The Bertz CT molecular complexity index is 303. The molecule has 0 saturated carbocycles. The van der Waals surface area contributed by atoms with E-state index in [0.29, 0.717) is 6.04 Å². The molecular weight excluding hydrogens is 198 g/mol. The molecule has 0 amide bonds. The molecule has 0 aromatic carbocycles. The summed E-state index contributed by atoms with van der Waals surface area (Å²) in [4.78, 5) is 0. The first-order valence-electron chi connectivity index (χ1n) is 6.17. The first-order valence-corrected chi connectivity index (χ1v) is 6.17. The standard InChI is InChI=1S/C14H23NO/c1-4-6-7-8-14(15-10-5-2)13-9-11-16-12(13)3/h4,9,11,14-15H,1,5-8,10H2,2-3H3. The van der Waals surface area contributed by atoms with Gasteiger partial charge in [-0.25, -0.2) is 0 Å². The lowest BCUT2D eigenvalue weighted by atomic mass is 10.0. The van der Waals surface area contributed by atoms with Gasteiger partial charge in [-0.05, 0) is 45.2 Å². The van der Waals surface area contributed by atoms with Gasteiger partial charge in [0.25, 0.3) is 0 Å². The monoisotopic (exact) mass is 221 g/mol. The minimum absolute atomic E-state index is 0.429. The van der Waals surface area contributed by atoms with Crippen molar-refractivity contribution in [1.29, 1.82) is 0 Å². The SMILES string of the molecule is C=CCCCC(NCCC)c1ccoc1C. The second-order valence-corrected chi connectivity index (χ2v) is 4.16. The predicted molar refractivity (Wildman–Crippen MR) is 68.5 cm³/mol. The number of nitrogens with one attached hydrogen (secondary N) is 1. The van der Waals surface area contributed by atoms with E-state index < -0.39 is 0 Å². The van der Waals surface area contributed by atoms with Crippen LogP contribution in [0, 0.1) is 6.92 Å². The van der Waals surface area contributed by atoms with Gasteiger partial charge in [0.05, 0.1) is 6.26 Å². The molecule has 1 aromatic heterocycles. The molecule has 1 rings (SSSR count). The molecule has 16 heavy (non-hydrogen) atoms. The van der Waals surface area contributed by atoms with Crippen molar-refractivity contribution in [2.75, 3.05) is 6.54 Å². The van der Waals surface area contributed by atoms with Gasteiger partial charge in [0.1, 0.15) is 5.76 Å². The number of unbranched alkanes of at least 4 members (excludes halogenated alkanes) is 1. The zero-order valence-corrected chi connectivity index (χ0v) is 10.5. The van der Waals surface area contributed by atoms with Crippen molar-refractivity contribution in [3.63, 3.8) is 0 Å². The Labute approximate surface area is 98.7 Å². The van der Waals surface area contributed by atoms with Gasteiger partial charge in [0, 0.05) is 11.6 Å². The lowest BCUT2D eigenvalue weighted by molar-refractivity contribution is 0.467. The van der Waals surface area contributed by atoms with Crippen LogP contribution in [0.15, 0.2) is 29.4 Å². The molecule has 0 radical (unpaired) electrons. The van der Waals surface area contributed by atoms with Crippen LogP contribution in [0.2, 0.25) is 0 Å². The van der Waals surface area contributed by atoms with E-state index in [-0.39, 0.29) is 0 Å². The molecule has 2 heteroatoms. The van der Waals surface area contributed by atoms with Crippen molar-refractivity contribution >= 4 is 0 Å². The Morgan fingerprint density at radius 3 is 2.94 bits per heavy atom. The van der Waals surface area contributed by atoms with E-state index in [9.17, 15) is 0 Å². The first kappa shape index (κ1) is 13.0. The van der Waals surface area contributed by atoms with Crippen molar-refractivity contribution in [3.8, 4) is 0 Å². The third kappa shape index (κ3) is 3.86. The van der Waals surface area contributed by atoms with Crippen LogP contribution in [-0.2, 0) is 0 Å². The Morgan fingerprint density at radius 1 is 1.56 bits per heavy atom. The van der Waals surface area contributed by atoms with E-state index in [4.69, 9.17) is 4.42 Å². The van der Waals surface area contributed by atoms with Crippen molar-refractivity contribution in [2.45, 2.75) is 45.6 Å². The molecule has 0 aliphatic carbocycles. The van der Waals surface area contributed by atoms with Gasteiger partial charge in [0.2, 0.25) is 0 Å². The molecule has 0 bridgehead atoms. The van der Waals surface area contributed by atoms with Gasteiger partial charge in [-0.3, -0.25) is 0 Å². The third-order valence-electron chi connectivity index (χ3n) is 2.82. The smallest absolute Gasteiger partial charge is 0.105 e. The summed E-state index contributed by atoms with van der Waals surface area (Å²) in [6.45, 7) is 9.04. The number of aryl methyl sites for hydroxylation is 1. The average molecular weight is 221 g/mol. The van der Waals surface area contributed by atoms with Gasteiger partial charge in [0.15, 0.2) is 0 Å². The van der Waals surface area contributed by atoms with E-state index in [0.717, 1.165) is 31.6 Å². The number of allylic oxidation sites excluding steroid dienone is 1. The lowest BCUT2D eigenvalue weighted by Crippen LogP contribution is -2.22. The summed E-state index contributed by atoms with van der Waals surface area (Å²) in [5, 5.41) is 3.58. The fourth-order valence-corrected chi connectivity index (χ4v) is 1.91. The summed E-state index contributed by atoms with van der Waals surface area (Å²) in [7, 11) is 0. The van der Waals surface area contributed by atoms with Gasteiger partial charge in [-0.15, -0.1) is 6.58 Å². The second-order valence-electron chi connectivity index (χ2n) is 4.16. The quantitative estimate of drug-likeness (QED) is 0.530. The molecule has 90 valence electrons. The van der Waals surface area contributed by atoms with Crippen LogP contribution < -0.4 is 5.32 Å². The molecule has 0 fully saturated rings. The van der Waals surface area contributed by atoms with Crippen LogP contribution in [-0.4, -0.2) is 6.54 Å². The highest BCUT2D eigenvalue weighted by molar-refractivity contribution is 5.20. The highest BCUT2D eigenvalue weighted by atomic mass is 16.3. The van der Waals surface area contributed by atoms with E-state index >= 15 is 0 Å². The van der Waals surface area contributed by atoms with Gasteiger partial charge in [-0.2, -0.15) is 0 Å². The van der Waals surface area contributed by atoms with Gasteiger partial charge >= 0.3 is 0 Å². The average Bonchev–Trinajstić information content (AvgIpc) is 2.70. The maximum atomic E-state index is 5.37. The molecule has 1 atom stereocenters. The van der Waals surface area contributed by atoms with Crippen LogP contribution >= 0.6 is 0 Å². The maximum absolute atomic E-state index is 5.37. The first-order chi connectivity index (χ1) is 7.79. The molecule has 0 aliphatic heterocycles. The van der Waals surface area contributed by atoms with Crippen molar-refractivity contribution in [2.24, 2.45) is 0 Å². The zero-order chi connectivity index (χ0) is 11.8. The summed E-state index contributed by atoms with van der Waals surface area (Å²) in [6, 6.07) is 2.51. The topological polar surface area (TPSA) is 25.2 Å². The summed E-state index contributed by atoms with van der Waals surface area (Å²) < 4.78 is 5.37. The molecule has 0 saturated heterocycles. The fraction of sp³-hybridized carbons (Fsp3) is 0.571. The van der Waals surface area contributed by atoms with Crippen LogP contribution in [0.5, 0.6) is 0 Å². The molecular formula is C14H23NO. The largest absolute Gasteiger partial charge is 0.469 e. The molecule has 1 N–H and O–H groups in total. The van der Waals surface area contributed by atoms with E-state index in [1.54, 1.807) is 6.26 Å². The summed E-state index contributed by atoms with van der Waals surface area (Å²) in [5.74, 6) is 1.03. The van der Waals surface area contributed by atoms with E-state index in [1.165, 1.54) is 12.0 Å². The predicted octanol–water partition coefficient (Wildman–Crippen LogP) is 3.99. The Morgan fingerprint density at radius 2 is 2.38 bits per heavy atom. The maximum Gasteiger partial charge on any atom is 0.105 e. The van der Waals surface area contributed by atoms with Crippen LogP contribution in [0.25, 0.3) is 0 Å². The minimum Gasteiger partial charge on any atom is -0.469 e. The summed E-state index contributed by atoms with van der Waals surface area (Å²) >= 11 is 0. The Balaban J connectivity index is 2.56. The number of hydrogen-bond donors (Lipinski definition) is 1. The normalized spacial score (nSPS) is 12.6. The minimum atomic E-state index is 0.429. The van der Waals surface area contributed by atoms with Crippen LogP contribution in [0.1, 0.15) is 50.0 Å². The molecule has 1 unspecified atom stereocenters. The second kappa shape index (κ2) is 7.29. The van der Waals surface area contributed by atoms with Crippen LogP contribution in [0.3, 0.4) is 0 Å². The van der Waals surface area contributed by atoms with Gasteiger partial charge < -0.3 is 9.73 Å². The van der Waals surface area contributed by atoms with Crippen molar-refractivity contribution in [1.82, 2.24) is 5.32 Å². The highest BCUT2D eigenvalue weighted by Gasteiger charge is 2.14. The Hall–Kier alpha value is -1.02. The molecule has 2 nitrogen and oxygen atoms in total. The third-order valence-corrected chi connectivity index (χ3v) is 2.82. The van der Waals surface area contributed by atoms with Crippen molar-refractivity contribution < 1.29 is 4.42 Å². The van der Waals surface area contributed by atoms with E-state index in [2.05, 4.69) is 24.9 Å². The summed E-state index contributed by atoms with van der Waals surface area (Å²) in [6.07, 6.45) is 8.33. The number of furan rings is 1. The van der Waals surface area contributed by atoms with Gasteiger partial charge in [-0.1, -0.05) is 13.0 Å². The van der Waals surface area contributed by atoms with E-state index in [1.807, 2.05) is 13.0 Å². The summed E-state index contributed by atoms with van der Waals surface area (Å²) in [5.41, 5.74) is 1.30. The highest BCUT2D eigenvalue weighted by Crippen LogP contribution is 2.23. The molecule has 1 aromatic rings. The van der Waals surface area contributed by atoms with Crippen molar-refractivity contribution in [3.05, 3.63) is 36.3 Å². The Kier molecular flexibility index (Phi) is 5.94. The zero-order valence-electron chi connectivity index (χ0n) is 10.5. The lowest BCUT2D eigenvalue weighted by Gasteiger charge is -2.17. The molecule has 1 heterocycles. The number of hydrogen-bond acceptors (Lipinski definition) is 2. The molecule has 0 aliphatic rings.